The predicted molar refractivity (Wildman–Crippen MR) is 80.0 cm³/mol. The van der Waals surface area contributed by atoms with E-state index in [0.717, 1.165) is 12.1 Å². The van der Waals surface area contributed by atoms with Crippen molar-refractivity contribution in [1.82, 2.24) is 5.32 Å². The SMILES string of the molecule is CNCc1ccc(OCc2ccc(F)cc2Cl)c(Cl)c1. The fourth-order valence-electron chi connectivity index (χ4n) is 1.77. The van der Waals surface area contributed by atoms with E-state index >= 15 is 0 Å². The molecule has 5 heteroatoms. The minimum atomic E-state index is -0.367. The summed E-state index contributed by atoms with van der Waals surface area (Å²) in [4.78, 5) is 0. The summed E-state index contributed by atoms with van der Waals surface area (Å²) in [6.45, 7) is 0.980. The van der Waals surface area contributed by atoms with Gasteiger partial charge in [0.2, 0.25) is 0 Å². The summed E-state index contributed by atoms with van der Waals surface area (Å²) in [6, 6.07) is 9.80. The molecule has 106 valence electrons. The molecule has 0 bridgehead atoms. The lowest BCUT2D eigenvalue weighted by Crippen LogP contribution is -2.05. The molecule has 0 saturated heterocycles. The fraction of sp³-hybridized carbons (Fsp3) is 0.200. The summed E-state index contributed by atoms with van der Waals surface area (Å²) in [5, 5.41) is 3.93. The molecule has 0 amide bonds. The number of nitrogens with one attached hydrogen (secondary N) is 1. The van der Waals surface area contributed by atoms with Gasteiger partial charge in [0.05, 0.1) is 10.0 Å². The first-order valence-corrected chi connectivity index (χ1v) is 6.85. The van der Waals surface area contributed by atoms with Crippen molar-refractivity contribution in [1.29, 1.82) is 0 Å². The van der Waals surface area contributed by atoms with Crippen LogP contribution in [0.2, 0.25) is 10.0 Å². The molecule has 0 aromatic heterocycles. The van der Waals surface area contributed by atoms with Crippen LogP contribution in [0.3, 0.4) is 0 Å². The molecule has 20 heavy (non-hydrogen) atoms. The van der Waals surface area contributed by atoms with Gasteiger partial charge in [-0.15, -0.1) is 0 Å². The molecular formula is C15H14Cl2FNO. The van der Waals surface area contributed by atoms with E-state index in [1.54, 1.807) is 6.07 Å². The maximum Gasteiger partial charge on any atom is 0.138 e. The van der Waals surface area contributed by atoms with Gasteiger partial charge in [-0.05, 0) is 36.9 Å². The molecule has 0 heterocycles. The Hall–Kier alpha value is -1.29. The molecule has 0 spiro atoms. The molecular weight excluding hydrogens is 300 g/mol. The van der Waals surface area contributed by atoms with E-state index in [1.165, 1.54) is 12.1 Å². The number of ether oxygens (including phenoxy) is 1. The highest BCUT2D eigenvalue weighted by atomic mass is 35.5. The molecule has 0 unspecified atom stereocenters. The molecule has 0 saturated carbocycles. The second-order valence-electron chi connectivity index (χ2n) is 4.32. The van der Waals surface area contributed by atoms with E-state index in [4.69, 9.17) is 27.9 Å². The Morgan fingerprint density at radius 1 is 1.10 bits per heavy atom. The van der Waals surface area contributed by atoms with Crippen LogP contribution in [0.5, 0.6) is 5.75 Å². The lowest BCUT2D eigenvalue weighted by atomic mass is 10.2. The van der Waals surface area contributed by atoms with Gasteiger partial charge in [0, 0.05) is 12.1 Å². The summed E-state index contributed by atoms with van der Waals surface area (Å²) in [6.07, 6.45) is 0. The van der Waals surface area contributed by atoms with Crippen LogP contribution in [0.4, 0.5) is 4.39 Å². The molecule has 0 radical (unpaired) electrons. The molecule has 2 rings (SSSR count). The van der Waals surface area contributed by atoms with Crippen molar-refractivity contribution in [2.24, 2.45) is 0 Å². The Morgan fingerprint density at radius 2 is 1.90 bits per heavy atom. The van der Waals surface area contributed by atoms with Crippen LogP contribution in [0.25, 0.3) is 0 Å². The highest BCUT2D eigenvalue weighted by Gasteiger charge is 2.06. The number of halogens is 3. The summed E-state index contributed by atoms with van der Waals surface area (Å²) >= 11 is 12.1. The van der Waals surface area contributed by atoms with Crippen molar-refractivity contribution in [2.75, 3.05) is 7.05 Å². The van der Waals surface area contributed by atoms with E-state index in [1.807, 2.05) is 25.2 Å². The fourth-order valence-corrected chi connectivity index (χ4v) is 2.25. The second kappa shape index (κ2) is 6.93. The maximum absolute atomic E-state index is 12.9. The van der Waals surface area contributed by atoms with E-state index < -0.39 is 0 Å². The van der Waals surface area contributed by atoms with Crippen molar-refractivity contribution in [3.63, 3.8) is 0 Å². The maximum atomic E-state index is 12.9. The Balaban J connectivity index is 2.07. The standard InChI is InChI=1S/C15H14Cl2FNO/c1-19-8-10-2-5-15(14(17)6-10)20-9-11-3-4-12(18)7-13(11)16/h2-7,19H,8-9H2,1H3. The molecule has 0 aliphatic rings. The Labute approximate surface area is 127 Å². The normalized spacial score (nSPS) is 10.6. The quantitative estimate of drug-likeness (QED) is 0.881. The van der Waals surface area contributed by atoms with E-state index in [0.29, 0.717) is 21.4 Å². The van der Waals surface area contributed by atoms with Crippen LogP contribution < -0.4 is 10.1 Å². The minimum absolute atomic E-state index is 0.240. The Morgan fingerprint density at radius 3 is 2.55 bits per heavy atom. The van der Waals surface area contributed by atoms with Gasteiger partial charge in [-0.1, -0.05) is 35.3 Å². The lowest BCUT2D eigenvalue weighted by molar-refractivity contribution is 0.306. The molecule has 2 nitrogen and oxygen atoms in total. The first-order valence-electron chi connectivity index (χ1n) is 6.10. The van der Waals surface area contributed by atoms with Gasteiger partial charge in [0.25, 0.3) is 0 Å². The van der Waals surface area contributed by atoms with Crippen LogP contribution in [-0.2, 0) is 13.2 Å². The summed E-state index contributed by atoms with van der Waals surface area (Å²) in [5.41, 5.74) is 1.79. The van der Waals surface area contributed by atoms with Crippen LogP contribution in [0, 0.1) is 5.82 Å². The number of rotatable bonds is 5. The van der Waals surface area contributed by atoms with Crippen molar-refractivity contribution in [3.8, 4) is 5.75 Å². The smallest absolute Gasteiger partial charge is 0.138 e. The zero-order valence-electron chi connectivity index (χ0n) is 10.9. The highest BCUT2D eigenvalue weighted by molar-refractivity contribution is 6.32. The van der Waals surface area contributed by atoms with Crippen molar-refractivity contribution in [3.05, 3.63) is 63.4 Å². The Kier molecular flexibility index (Phi) is 5.24. The van der Waals surface area contributed by atoms with E-state index in [9.17, 15) is 4.39 Å². The summed E-state index contributed by atoms with van der Waals surface area (Å²) in [5.74, 6) is 0.208. The molecule has 1 N–H and O–H groups in total. The monoisotopic (exact) mass is 313 g/mol. The van der Waals surface area contributed by atoms with Gasteiger partial charge in [-0.25, -0.2) is 4.39 Å². The summed E-state index contributed by atoms with van der Waals surface area (Å²) in [7, 11) is 1.87. The number of hydrogen-bond donors (Lipinski definition) is 1. The number of benzene rings is 2. The van der Waals surface area contributed by atoms with Crippen molar-refractivity contribution >= 4 is 23.2 Å². The van der Waals surface area contributed by atoms with Gasteiger partial charge >= 0.3 is 0 Å². The first kappa shape index (κ1) is 15.1. The highest BCUT2D eigenvalue weighted by Crippen LogP contribution is 2.27. The van der Waals surface area contributed by atoms with Gasteiger partial charge in [-0.3, -0.25) is 0 Å². The second-order valence-corrected chi connectivity index (χ2v) is 5.13. The molecule has 2 aromatic rings. The minimum Gasteiger partial charge on any atom is -0.487 e. The molecule has 0 fully saturated rings. The van der Waals surface area contributed by atoms with Crippen LogP contribution in [0.1, 0.15) is 11.1 Å². The average Bonchev–Trinajstić information content (AvgIpc) is 2.40. The first-order chi connectivity index (χ1) is 9.60. The zero-order valence-corrected chi connectivity index (χ0v) is 12.4. The number of hydrogen-bond acceptors (Lipinski definition) is 2. The molecule has 0 atom stereocenters. The van der Waals surface area contributed by atoms with Gasteiger partial charge in [0.1, 0.15) is 18.2 Å². The Bertz CT molecular complexity index is 604. The third-order valence-corrected chi connectivity index (χ3v) is 3.42. The third-order valence-electron chi connectivity index (χ3n) is 2.78. The van der Waals surface area contributed by atoms with E-state index in [-0.39, 0.29) is 12.4 Å². The molecule has 0 aliphatic carbocycles. The van der Waals surface area contributed by atoms with Gasteiger partial charge in [-0.2, -0.15) is 0 Å². The summed E-state index contributed by atoms with van der Waals surface area (Å²) < 4.78 is 18.6. The molecule has 0 aliphatic heterocycles. The van der Waals surface area contributed by atoms with Crippen LogP contribution >= 0.6 is 23.2 Å². The largest absolute Gasteiger partial charge is 0.487 e. The zero-order chi connectivity index (χ0) is 14.5. The van der Waals surface area contributed by atoms with Gasteiger partial charge in [0.15, 0.2) is 0 Å². The molecule has 2 aromatic carbocycles. The van der Waals surface area contributed by atoms with E-state index in [2.05, 4.69) is 5.32 Å². The van der Waals surface area contributed by atoms with Crippen LogP contribution in [0.15, 0.2) is 36.4 Å². The van der Waals surface area contributed by atoms with Crippen molar-refractivity contribution < 1.29 is 9.13 Å². The lowest BCUT2D eigenvalue weighted by Gasteiger charge is -2.10. The van der Waals surface area contributed by atoms with Crippen LogP contribution in [-0.4, -0.2) is 7.05 Å². The third kappa shape index (κ3) is 3.85. The average molecular weight is 314 g/mol. The topological polar surface area (TPSA) is 21.3 Å². The van der Waals surface area contributed by atoms with Gasteiger partial charge < -0.3 is 10.1 Å². The predicted octanol–water partition coefficient (Wildman–Crippen LogP) is 4.43. The van der Waals surface area contributed by atoms with Crippen molar-refractivity contribution in [2.45, 2.75) is 13.2 Å².